The van der Waals surface area contributed by atoms with E-state index in [9.17, 15) is 4.79 Å². The molecule has 0 aliphatic carbocycles. The molecule has 112 valence electrons. The van der Waals surface area contributed by atoms with E-state index in [0.29, 0.717) is 18.1 Å². The van der Waals surface area contributed by atoms with Crippen molar-refractivity contribution in [3.8, 4) is 5.75 Å². The zero-order chi connectivity index (χ0) is 15.2. The zero-order valence-corrected chi connectivity index (χ0v) is 12.7. The number of carbonyl (C=O) groups excluding carboxylic acids is 1. The quantitative estimate of drug-likeness (QED) is 0.838. The number of nitrogens with two attached hydrogens (primary N) is 1. The van der Waals surface area contributed by atoms with Gasteiger partial charge in [0.2, 0.25) is 0 Å². The second-order valence-corrected chi connectivity index (χ2v) is 5.65. The van der Waals surface area contributed by atoms with Gasteiger partial charge < -0.3 is 10.5 Å². The summed E-state index contributed by atoms with van der Waals surface area (Å²) in [5.41, 5.74) is 5.48. The van der Waals surface area contributed by atoms with E-state index in [1.807, 2.05) is 42.5 Å². The van der Waals surface area contributed by atoms with Crippen molar-refractivity contribution in [1.29, 1.82) is 0 Å². The van der Waals surface area contributed by atoms with E-state index < -0.39 is 12.0 Å². The summed E-state index contributed by atoms with van der Waals surface area (Å²) in [5.74, 6) is 0.722. The smallest absolute Gasteiger partial charge is 0.258 e. The highest BCUT2D eigenvalue weighted by Crippen LogP contribution is 2.23. The maximum Gasteiger partial charge on any atom is 0.258 e. The van der Waals surface area contributed by atoms with E-state index in [-0.39, 0.29) is 0 Å². The molecule has 21 heavy (non-hydrogen) atoms. The van der Waals surface area contributed by atoms with Gasteiger partial charge in [0, 0.05) is 0 Å². The summed E-state index contributed by atoms with van der Waals surface area (Å²) in [4.78, 5) is 11.6. The lowest BCUT2D eigenvalue weighted by Crippen LogP contribution is -2.35. The summed E-state index contributed by atoms with van der Waals surface area (Å²) >= 11 is 0. The molecule has 0 heterocycles. The molecular weight excluding hydrogens is 262 g/mol. The highest BCUT2D eigenvalue weighted by molar-refractivity contribution is 5.84. The zero-order valence-electron chi connectivity index (χ0n) is 12.7. The second-order valence-electron chi connectivity index (χ2n) is 5.65. The fourth-order valence-corrected chi connectivity index (χ4v) is 2.60. The molecule has 3 nitrogen and oxygen atoms in total. The fraction of sp³-hybridized carbons (Fsp3) is 0.389. The van der Waals surface area contributed by atoms with Crippen molar-refractivity contribution in [3.05, 3.63) is 42.5 Å². The van der Waals surface area contributed by atoms with Crippen molar-refractivity contribution in [2.45, 2.75) is 39.2 Å². The van der Waals surface area contributed by atoms with Crippen LogP contribution in [0.1, 0.15) is 33.1 Å². The van der Waals surface area contributed by atoms with Crippen molar-refractivity contribution in [2.75, 3.05) is 0 Å². The molecule has 0 aliphatic rings. The van der Waals surface area contributed by atoms with Gasteiger partial charge in [-0.15, -0.1) is 0 Å². The molecule has 0 aliphatic heterocycles. The first-order chi connectivity index (χ1) is 10.1. The summed E-state index contributed by atoms with van der Waals surface area (Å²) in [7, 11) is 0. The van der Waals surface area contributed by atoms with Crippen LogP contribution in [-0.4, -0.2) is 12.0 Å². The van der Waals surface area contributed by atoms with E-state index in [4.69, 9.17) is 10.5 Å². The molecule has 1 amide bonds. The van der Waals surface area contributed by atoms with E-state index in [1.165, 1.54) is 0 Å². The Morgan fingerprint density at radius 3 is 2.57 bits per heavy atom. The van der Waals surface area contributed by atoms with Gasteiger partial charge in [-0.3, -0.25) is 4.79 Å². The lowest BCUT2D eigenvalue weighted by Gasteiger charge is -2.20. The van der Waals surface area contributed by atoms with E-state index >= 15 is 0 Å². The molecule has 0 radical (unpaired) electrons. The van der Waals surface area contributed by atoms with Crippen LogP contribution in [0.25, 0.3) is 10.8 Å². The Balaban J connectivity index is 2.12. The monoisotopic (exact) mass is 285 g/mol. The SMILES string of the molecule is CCCC(C)CC(Oc1ccc2ccccc2c1)C(N)=O. The highest BCUT2D eigenvalue weighted by atomic mass is 16.5. The van der Waals surface area contributed by atoms with Crippen molar-refractivity contribution >= 4 is 16.7 Å². The molecule has 0 aromatic heterocycles. The third-order valence-corrected chi connectivity index (χ3v) is 3.71. The van der Waals surface area contributed by atoms with Gasteiger partial charge in [-0.05, 0) is 35.2 Å². The van der Waals surface area contributed by atoms with Gasteiger partial charge in [0.25, 0.3) is 5.91 Å². The molecule has 2 N–H and O–H groups in total. The summed E-state index contributed by atoms with van der Waals surface area (Å²) in [6, 6.07) is 13.9. The van der Waals surface area contributed by atoms with Crippen LogP contribution in [0.4, 0.5) is 0 Å². The maximum absolute atomic E-state index is 11.6. The number of benzene rings is 2. The molecule has 0 spiro atoms. The number of amides is 1. The fourth-order valence-electron chi connectivity index (χ4n) is 2.60. The van der Waals surface area contributed by atoms with Crippen LogP contribution in [0.15, 0.2) is 42.5 Å². The summed E-state index contributed by atoms with van der Waals surface area (Å²) in [5, 5.41) is 2.25. The van der Waals surface area contributed by atoms with Gasteiger partial charge in [0.1, 0.15) is 5.75 Å². The number of primary amides is 1. The molecule has 2 aromatic carbocycles. The third-order valence-electron chi connectivity index (χ3n) is 3.71. The van der Waals surface area contributed by atoms with Crippen LogP contribution in [0.3, 0.4) is 0 Å². The first-order valence-corrected chi connectivity index (χ1v) is 7.55. The van der Waals surface area contributed by atoms with Crippen LogP contribution in [-0.2, 0) is 4.79 Å². The lowest BCUT2D eigenvalue weighted by molar-refractivity contribution is -0.125. The number of ether oxygens (including phenoxy) is 1. The maximum atomic E-state index is 11.6. The lowest BCUT2D eigenvalue weighted by atomic mass is 9.98. The van der Waals surface area contributed by atoms with Crippen LogP contribution < -0.4 is 10.5 Å². The van der Waals surface area contributed by atoms with Gasteiger partial charge in [-0.25, -0.2) is 0 Å². The first-order valence-electron chi connectivity index (χ1n) is 7.55. The average Bonchev–Trinajstić information content (AvgIpc) is 2.46. The number of carbonyl (C=O) groups is 1. The van der Waals surface area contributed by atoms with Crippen molar-refractivity contribution in [1.82, 2.24) is 0 Å². The largest absolute Gasteiger partial charge is 0.481 e. The molecule has 3 heteroatoms. The molecule has 2 atom stereocenters. The Hall–Kier alpha value is -2.03. The number of fused-ring (bicyclic) bond motifs is 1. The van der Waals surface area contributed by atoms with Crippen molar-refractivity contribution in [2.24, 2.45) is 11.7 Å². The number of hydrogen-bond donors (Lipinski definition) is 1. The predicted molar refractivity (Wildman–Crippen MR) is 86.2 cm³/mol. The van der Waals surface area contributed by atoms with Gasteiger partial charge in [0.15, 0.2) is 6.10 Å². The summed E-state index contributed by atoms with van der Waals surface area (Å²) < 4.78 is 5.83. The van der Waals surface area contributed by atoms with E-state index in [1.54, 1.807) is 0 Å². The molecule has 0 saturated heterocycles. The minimum atomic E-state index is -0.562. The molecule has 2 unspecified atom stereocenters. The first kappa shape index (κ1) is 15.4. The molecule has 0 fully saturated rings. The normalized spacial score (nSPS) is 13.8. The Kier molecular flexibility index (Phi) is 5.20. The summed E-state index contributed by atoms with van der Waals surface area (Å²) in [6.45, 7) is 4.27. The van der Waals surface area contributed by atoms with Gasteiger partial charge >= 0.3 is 0 Å². The van der Waals surface area contributed by atoms with E-state index in [2.05, 4.69) is 13.8 Å². The molecular formula is C18H23NO2. The van der Waals surface area contributed by atoms with Crippen molar-refractivity contribution in [3.63, 3.8) is 0 Å². The molecule has 2 aromatic rings. The van der Waals surface area contributed by atoms with Crippen LogP contribution in [0.5, 0.6) is 5.75 Å². The Morgan fingerprint density at radius 1 is 1.19 bits per heavy atom. The average molecular weight is 285 g/mol. The number of rotatable bonds is 7. The van der Waals surface area contributed by atoms with Crippen LogP contribution in [0, 0.1) is 5.92 Å². The van der Waals surface area contributed by atoms with Crippen molar-refractivity contribution < 1.29 is 9.53 Å². The van der Waals surface area contributed by atoms with Gasteiger partial charge in [-0.2, -0.15) is 0 Å². The molecule has 0 bridgehead atoms. The predicted octanol–water partition coefficient (Wildman–Crippen LogP) is 3.90. The van der Waals surface area contributed by atoms with Crippen LogP contribution >= 0.6 is 0 Å². The Bertz CT molecular complexity index is 609. The second kappa shape index (κ2) is 7.11. The Morgan fingerprint density at radius 2 is 1.90 bits per heavy atom. The number of hydrogen-bond acceptors (Lipinski definition) is 2. The minimum absolute atomic E-state index is 0.397. The minimum Gasteiger partial charge on any atom is -0.481 e. The van der Waals surface area contributed by atoms with Gasteiger partial charge in [0.05, 0.1) is 0 Å². The van der Waals surface area contributed by atoms with E-state index in [0.717, 1.165) is 23.6 Å². The van der Waals surface area contributed by atoms with Crippen LogP contribution in [0.2, 0.25) is 0 Å². The third kappa shape index (κ3) is 4.22. The molecule has 0 saturated carbocycles. The molecule has 2 rings (SSSR count). The van der Waals surface area contributed by atoms with Gasteiger partial charge in [-0.1, -0.05) is 57.0 Å². The Labute approximate surface area is 126 Å². The standard InChI is InChI=1S/C18H23NO2/c1-3-6-13(2)11-17(18(19)20)21-16-10-9-14-7-4-5-8-15(14)12-16/h4-5,7-10,12-13,17H,3,6,11H2,1-2H3,(H2,19,20). The highest BCUT2D eigenvalue weighted by Gasteiger charge is 2.20. The topological polar surface area (TPSA) is 52.3 Å². The summed E-state index contributed by atoms with van der Waals surface area (Å²) in [6.07, 6.45) is 2.27.